The molecule has 1 heterocycles. The number of hydrogen-bond acceptors (Lipinski definition) is 3. The molecule has 2 aromatic rings. The zero-order valence-corrected chi connectivity index (χ0v) is 10.6. The standard InChI is InChI=1S/C14H16N2S/c1-11(15)14(12-7-3-2-4-8-12)17-13-9-5-6-10-16-13/h2-11,14H,15H2,1H3. The van der Waals surface area contributed by atoms with E-state index in [1.54, 1.807) is 11.8 Å². The smallest absolute Gasteiger partial charge is 0.0966 e. The summed E-state index contributed by atoms with van der Waals surface area (Å²) in [4.78, 5) is 4.33. The van der Waals surface area contributed by atoms with Crippen LogP contribution in [0.25, 0.3) is 0 Å². The Kier molecular flexibility index (Phi) is 4.18. The van der Waals surface area contributed by atoms with Crippen LogP contribution < -0.4 is 5.73 Å². The molecule has 0 bridgehead atoms. The van der Waals surface area contributed by atoms with E-state index in [2.05, 4.69) is 17.1 Å². The molecule has 0 aliphatic rings. The Labute approximate surface area is 106 Å². The minimum atomic E-state index is 0.0874. The first-order chi connectivity index (χ1) is 8.27. The molecule has 0 amide bonds. The van der Waals surface area contributed by atoms with Gasteiger partial charge in [-0.2, -0.15) is 0 Å². The van der Waals surface area contributed by atoms with Crippen molar-refractivity contribution in [3.63, 3.8) is 0 Å². The molecule has 17 heavy (non-hydrogen) atoms. The molecule has 0 aliphatic carbocycles. The summed E-state index contributed by atoms with van der Waals surface area (Å²) in [6.45, 7) is 2.04. The van der Waals surface area contributed by atoms with Crippen molar-refractivity contribution in [2.24, 2.45) is 5.73 Å². The molecule has 0 aliphatic heterocycles. The molecule has 1 aromatic heterocycles. The predicted molar refractivity (Wildman–Crippen MR) is 72.9 cm³/mol. The van der Waals surface area contributed by atoms with E-state index in [-0.39, 0.29) is 11.3 Å². The molecule has 0 saturated carbocycles. The van der Waals surface area contributed by atoms with Crippen LogP contribution in [0.4, 0.5) is 0 Å². The highest BCUT2D eigenvalue weighted by Gasteiger charge is 2.17. The SMILES string of the molecule is CC(N)C(Sc1ccccn1)c1ccccc1. The largest absolute Gasteiger partial charge is 0.327 e. The van der Waals surface area contributed by atoms with Crippen LogP contribution in [0.1, 0.15) is 17.7 Å². The Bertz CT molecular complexity index is 442. The first-order valence-corrected chi connectivity index (χ1v) is 6.53. The summed E-state index contributed by atoms with van der Waals surface area (Å²) in [6.07, 6.45) is 1.81. The number of nitrogens with zero attached hydrogens (tertiary/aromatic N) is 1. The quantitative estimate of drug-likeness (QED) is 0.839. The molecule has 2 atom stereocenters. The van der Waals surface area contributed by atoms with Gasteiger partial charge < -0.3 is 5.73 Å². The minimum absolute atomic E-state index is 0.0874. The van der Waals surface area contributed by atoms with Crippen LogP contribution in [0.15, 0.2) is 59.8 Å². The maximum Gasteiger partial charge on any atom is 0.0966 e. The molecule has 2 rings (SSSR count). The molecule has 2 unspecified atom stereocenters. The highest BCUT2D eigenvalue weighted by molar-refractivity contribution is 7.99. The lowest BCUT2D eigenvalue weighted by Gasteiger charge is -2.20. The van der Waals surface area contributed by atoms with Gasteiger partial charge in [0.15, 0.2) is 0 Å². The summed E-state index contributed by atoms with van der Waals surface area (Å²) in [7, 11) is 0. The number of hydrogen-bond donors (Lipinski definition) is 1. The van der Waals surface area contributed by atoms with Gasteiger partial charge in [0, 0.05) is 12.2 Å². The Hall–Kier alpha value is -1.32. The van der Waals surface area contributed by atoms with Crippen molar-refractivity contribution in [2.45, 2.75) is 23.2 Å². The zero-order chi connectivity index (χ0) is 12.1. The Morgan fingerprint density at radius 1 is 1.06 bits per heavy atom. The number of nitrogens with two attached hydrogens (primary N) is 1. The molecule has 0 saturated heterocycles. The van der Waals surface area contributed by atoms with Gasteiger partial charge in [-0.05, 0) is 24.6 Å². The second-order valence-electron chi connectivity index (χ2n) is 3.98. The van der Waals surface area contributed by atoms with Crippen LogP contribution in [-0.4, -0.2) is 11.0 Å². The topological polar surface area (TPSA) is 38.9 Å². The molecule has 3 heteroatoms. The van der Waals surface area contributed by atoms with Gasteiger partial charge in [0.05, 0.1) is 10.3 Å². The Morgan fingerprint density at radius 2 is 1.76 bits per heavy atom. The molecule has 0 radical (unpaired) electrons. The maximum atomic E-state index is 6.07. The van der Waals surface area contributed by atoms with Gasteiger partial charge >= 0.3 is 0 Å². The van der Waals surface area contributed by atoms with Crippen molar-refractivity contribution in [3.05, 3.63) is 60.3 Å². The van der Waals surface area contributed by atoms with Gasteiger partial charge in [-0.3, -0.25) is 0 Å². The van der Waals surface area contributed by atoms with Gasteiger partial charge in [-0.15, -0.1) is 0 Å². The second-order valence-corrected chi connectivity index (χ2v) is 5.14. The number of benzene rings is 1. The monoisotopic (exact) mass is 244 g/mol. The van der Waals surface area contributed by atoms with E-state index >= 15 is 0 Å². The predicted octanol–water partition coefficient (Wildman–Crippen LogP) is 3.26. The number of aromatic nitrogens is 1. The van der Waals surface area contributed by atoms with Crippen LogP contribution in [-0.2, 0) is 0 Å². The van der Waals surface area contributed by atoms with Gasteiger partial charge in [0.25, 0.3) is 0 Å². The number of rotatable bonds is 4. The van der Waals surface area contributed by atoms with Crippen LogP contribution in [0.5, 0.6) is 0 Å². The summed E-state index contributed by atoms with van der Waals surface area (Å²) in [6, 6.07) is 16.4. The van der Waals surface area contributed by atoms with Crippen molar-refractivity contribution in [1.29, 1.82) is 0 Å². The molecule has 0 spiro atoms. The van der Waals surface area contributed by atoms with E-state index in [1.165, 1.54) is 5.56 Å². The summed E-state index contributed by atoms with van der Waals surface area (Å²) in [5, 5.41) is 1.25. The minimum Gasteiger partial charge on any atom is -0.327 e. The highest BCUT2D eigenvalue weighted by atomic mass is 32.2. The molecule has 0 fully saturated rings. The molecule has 1 aromatic carbocycles. The van der Waals surface area contributed by atoms with Gasteiger partial charge in [-0.25, -0.2) is 4.98 Å². The zero-order valence-electron chi connectivity index (χ0n) is 9.78. The van der Waals surface area contributed by atoms with E-state index in [0.29, 0.717) is 0 Å². The van der Waals surface area contributed by atoms with Crippen molar-refractivity contribution >= 4 is 11.8 Å². The molecular weight excluding hydrogens is 228 g/mol. The fourth-order valence-electron chi connectivity index (χ4n) is 1.67. The maximum absolute atomic E-state index is 6.07. The summed E-state index contributed by atoms with van der Waals surface area (Å²) in [5.74, 6) is 0. The average molecular weight is 244 g/mol. The third-order valence-corrected chi connectivity index (χ3v) is 3.93. The van der Waals surface area contributed by atoms with E-state index in [4.69, 9.17) is 5.73 Å². The summed E-state index contributed by atoms with van der Waals surface area (Å²) < 4.78 is 0. The first kappa shape index (κ1) is 12.1. The number of pyridine rings is 1. The van der Waals surface area contributed by atoms with E-state index in [1.807, 2.05) is 49.5 Å². The normalized spacial score (nSPS) is 14.2. The van der Waals surface area contributed by atoms with Gasteiger partial charge in [0.1, 0.15) is 0 Å². The third-order valence-electron chi connectivity index (χ3n) is 2.49. The first-order valence-electron chi connectivity index (χ1n) is 5.65. The highest BCUT2D eigenvalue weighted by Crippen LogP contribution is 2.35. The Balaban J connectivity index is 2.20. The van der Waals surface area contributed by atoms with Crippen molar-refractivity contribution in [2.75, 3.05) is 0 Å². The molecule has 2 nitrogen and oxygen atoms in total. The molecule has 88 valence electrons. The van der Waals surface area contributed by atoms with Crippen molar-refractivity contribution in [1.82, 2.24) is 4.98 Å². The lowest BCUT2D eigenvalue weighted by molar-refractivity contribution is 0.720. The Morgan fingerprint density at radius 3 is 2.35 bits per heavy atom. The molecule has 2 N–H and O–H groups in total. The fourth-order valence-corrected chi connectivity index (χ4v) is 2.72. The second kappa shape index (κ2) is 5.84. The third kappa shape index (κ3) is 3.32. The summed E-state index contributed by atoms with van der Waals surface area (Å²) in [5.41, 5.74) is 7.32. The lowest BCUT2D eigenvalue weighted by atomic mass is 10.1. The van der Waals surface area contributed by atoms with Crippen molar-refractivity contribution < 1.29 is 0 Å². The fraction of sp³-hybridized carbons (Fsp3) is 0.214. The molecular formula is C14H16N2S. The van der Waals surface area contributed by atoms with E-state index in [0.717, 1.165) is 5.03 Å². The number of thioether (sulfide) groups is 1. The van der Waals surface area contributed by atoms with Gasteiger partial charge in [0.2, 0.25) is 0 Å². The van der Waals surface area contributed by atoms with Crippen LogP contribution >= 0.6 is 11.8 Å². The van der Waals surface area contributed by atoms with Gasteiger partial charge in [-0.1, -0.05) is 48.2 Å². The van der Waals surface area contributed by atoms with Crippen LogP contribution in [0.2, 0.25) is 0 Å². The van der Waals surface area contributed by atoms with E-state index in [9.17, 15) is 0 Å². The summed E-state index contributed by atoms with van der Waals surface area (Å²) >= 11 is 1.71. The average Bonchev–Trinajstić information content (AvgIpc) is 2.38. The lowest BCUT2D eigenvalue weighted by Crippen LogP contribution is -2.22. The van der Waals surface area contributed by atoms with Crippen molar-refractivity contribution in [3.8, 4) is 0 Å². The van der Waals surface area contributed by atoms with E-state index < -0.39 is 0 Å². The van der Waals surface area contributed by atoms with Crippen LogP contribution in [0.3, 0.4) is 0 Å². The van der Waals surface area contributed by atoms with Crippen LogP contribution in [0, 0.1) is 0 Å².